The van der Waals surface area contributed by atoms with Gasteiger partial charge in [0.1, 0.15) is 58.0 Å². The van der Waals surface area contributed by atoms with Gasteiger partial charge in [-0.05, 0) is 167 Å². The van der Waals surface area contributed by atoms with Crippen LogP contribution in [0.1, 0.15) is 113 Å². The van der Waals surface area contributed by atoms with Crippen LogP contribution in [0.15, 0.2) is 215 Å². The molecule has 6 aromatic carbocycles. The predicted octanol–water partition coefficient (Wildman–Crippen LogP) is 7.73. The number of aromatic nitrogens is 5. The van der Waals surface area contributed by atoms with E-state index in [9.17, 15) is 81.1 Å². The number of ether oxygens (including phenoxy) is 5. The van der Waals surface area contributed by atoms with E-state index < -0.39 is 87.4 Å². The van der Waals surface area contributed by atoms with Gasteiger partial charge >= 0.3 is 30.2 Å². The summed E-state index contributed by atoms with van der Waals surface area (Å²) in [6.07, 6.45) is 11.4. The van der Waals surface area contributed by atoms with Gasteiger partial charge in [-0.2, -0.15) is 0 Å². The third kappa shape index (κ3) is 17.3. The average Bonchev–Trinajstić information content (AvgIpc) is 1.60. The Morgan fingerprint density at radius 3 is 1.16 bits per heavy atom. The number of thiophene rings is 2. The summed E-state index contributed by atoms with van der Waals surface area (Å²) in [5, 5.41) is 27.6. The number of hydrogen-bond acceptors (Lipinski definition) is 29. The first-order chi connectivity index (χ1) is 70.3. The smallest absolute Gasteiger partial charge is 0.322 e. The lowest BCUT2D eigenvalue weighted by Gasteiger charge is -2.30. The van der Waals surface area contributed by atoms with Crippen LogP contribution in [0.4, 0.5) is 28.4 Å². The summed E-state index contributed by atoms with van der Waals surface area (Å²) < 4.78 is 52.9. The Morgan fingerprint density at radius 1 is 0.370 bits per heavy atom. The first kappa shape index (κ1) is 95.2. The molecule has 10 aliphatic rings. The minimum absolute atomic E-state index is 0.00510. The minimum Gasteiger partial charge on any atom is -0.497 e. The zero-order chi connectivity index (χ0) is 102. The molecule has 11 N–H and O–H groups in total. The summed E-state index contributed by atoms with van der Waals surface area (Å²) in [5.74, 6) is -0.965. The maximum absolute atomic E-state index is 13.6. The van der Waals surface area contributed by atoms with Crippen molar-refractivity contribution < 1.29 is 109 Å². The van der Waals surface area contributed by atoms with Crippen molar-refractivity contribution in [3.05, 3.63) is 300 Å². The number of methoxy groups -OCH3 is 5. The van der Waals surface area contributed by atoms with E-state index in [-0.39, 0.29) is 104 Å². The van der Waals surface area contributed by atoms with E-state index in [1.807, 2.05) is 42.5 Å². The number of nitrogens with zero attached hydrogens (tertiary/aromatic N) is 9. The number of carbonyl (C=O) groups excluding carboxylic acids is 15. The SMILES string of the molecule is COc1ccc2c(c1)C(=O)N(C[C@@]1(CCc3ccc[nH]c3=O)NC(=O)NC1=O)C2.COc1ccc2c(c1)C(=O)N(C[C@@]1(c3cc4cc(F)ccc4s3)NC(=O)NC1=O)C2.COc1ccc2c(c1)C(=O)N(C[C@@]1(c3cc4ccncc4o3)NC(=O)NC1=O)C2.COc1ccc2c(c1)C(=O)N(C[C@@]1(c3cc4cnccc4s3)NC(=O)NC1=O)C2.COc1ccc2c(c1)C(=O)N(C[C@@]1(c3cc4cncnc4o3)NC(=O)NC1=O)C2. The standard InChI is InChI=1S/C21H16FN3O4S.C20H16N4O5.C20H20N4O5.C20H16N4O4S.C19H15N5O5/c1-29-14-4-2-11-9-25(18(26)15(11)8-14)10-21(19(27)23-20(28)24-21)17-7-12-6-13(22)3-5-16(12)30-17;1-28-13-3-2-12-9-24(17(25)14(12)7-13)10-20(18(26)22-19(27)23-20)16-6-11-4-5-21-8-15(11)29-16;1-29-14-5-4-13-10-24(17(26)15(13)9-14)11-20(18(27)22-19(28)23-20)7-6-12-3-2-8-21-16(12)25;1-28-13-3-2-11-9-24(17(25)14(11)7-13)10-20(18(26)22-19(27)23-20)16-6-12-8-21-5-4-15(12)29-16;1-28-12-3-2-10-7-24(16(25)13(10)5-12)8-19(17(26)22-18(27)23-19)14-4-11-6-20-9-21-15(11)29-14/h2-8H,9-10H2,1H3,(H2,23,24,27,28);2-8H,9-10H2,1H3,(H2,22,23,26,27);2-5,8-9H,6-7,10-11H2,1H3,(H,21,25)(H2,22,23,27,28);2-8H,9-10H2,1H3,(H2,22,23,26,27);2-6,9H,7-8H2,1H3,(H2,22,23,26,27)/t21-;3*20-;19-/m00100/s1. The monoisotopic (exact) mass is 2010 g/mol. The molecule has 46 heteroatoms. The van der Waals surface area contributed by atoms with Crippen molar-refractivity contribution in [2.45, 2.75) is 73.3 Å². The van der Waals surface area contributed by atoms with Gasteiger partial charge in [0.15, 0.2) is 27.7 Å². The number of benzene rings is 6. The van der Waals surface area contributed by atoms with Crippen molar-refractivity contribution in [2.24, 2.45) is 0 Å². The number of nitrogens with one attached hydrogen (secondary N) is 11. The molecule has 0 saturated carbocycles. The number of imide groups is 5. The van der Waals surface area contributed by atoms with E-state index in [0.717, 1.165) is 48.0 Å². The normalized spacial score (nSPS) is 20.6. The molecule has 18 heterocycles. The van der Waals surface area contributed by atoms with Crippen molar-refractivity contribution in [3.63, 3.8) is 0 Å². The van der Waals surface area contributed by atoms with E-state index >= 15 is 0 Å². The second-order valence-electron chi connectivity index (χ2n) is 35.4. The number of fused-ring (bicyclic) bond motifs is 9. The highest BCUT2D eigenvalue weighted by atomic mass is 32.1. The number of halogens is 1. The van der Waals surface area contributed by atoms with E-state index in [0.29, 0.717) is 121 Å². The highest BCUT2D eigenvalue weighted by Crippen LogP contribution is 2.44. The maximum Gasteiger partial charge on any atom is 0.322 e. The van der Waals surface area contributed by atoms with E-state index in [2.05, 4.69) is 78.1 Å². The number of aromatic amines is 1. The zero-order valence-electron chi connectivity index (χ0n) is 77.6. The van der Waals surface area contributed by atoms with Crippen molar-refractivity contribution in [3.8, 4) is 28.7 Å². The summed E-state index contributed by atoms with van der Waals surface area (Å²) >= 11 is 2.68. The Hall–Kier alpha value is -18.4. The fraction of sp³-hybridized carbons (Fsp3) is 0.220. The first-order valence-electron chi connectivity index (χ1n) is 45.0. The highest BCUT2D eigenvalue weighted by molar-refractivity contribution is 7.19. The summed E-state index contributed by atoms with van der Waals surface area (Å²) in [6.45, 7) is 1.41. The molecule has 0 radical (unpaired) electrons. The Labute approximate surface area is 831 Å². The molecule has 14 aromatic rings. The second kappa shape index (κ2) is 37.6. The topological polar surface area (TPSA) is 549 Å². The largest absolute Gasteiger partial charge is 0.497 e. The van der Waals surface area contributed by atoms with Crippen LogP contribution in [0, 0.1) is 5.82 Å². The lowest BCUT2D eigenvalue weighted by Crippen LogP contribution is -2.55. The molecule has 0 aliphatic carbocycles. The molecular formula is C100H83FN20O23S2. The van der Waals surface area contributed by atoms with Gasteiger partial charge in [-0.1, -0.05) is 36.4 Å². The first-order valence-corrected chi connectivity index (χ1v) is 46.7. The van der Waals surface area contributed by atoms with Crippen LogP contribution >= 0.6 is 22.7 Å². The molecule has 5 saturated heterocycles. The van der Waals surface area contributed by atoms with Gasteiger partial charge in [0.05, 0.1) is 79.9 Å². The number of rotatable bonds is 22. The van der Waals surface area contributed by atoms with Crippen LogP contribution in [0.5, 0.6) is 28.7 Å². The molecule has 146 heavy (non-hydrogen) atoms. The molecule has 5 fully saturated rings. The van der Waals surface area contributed by atoms with Crippen molar-refractivity contribution in [1.29, 1.82) is 0 Å². The molecule has 10 aliphatic heterocycles. The molecule has 24 rings (SSSR count). The van der Waals surface area contributed by atoms with Gasteiger partial charge < -0.3 is 88.6 Å². The maximum atomic E-state index is 13.6. The van der Waals surface area contributed by atoms with E-state index in [4.69, 9.17) is 32.5 Å². The second-order valence-corrected chi connectivity index (χ2v) is 37.6. The van der Waals surface area contributed by atoms with Crippen molar-refractivity contribution in [1.82, 2.24) is 103 Å². The van der Waals surface area contributed by atoms with Gasteiger partial charge in [-0.15, -0.1) is 22.7 Å². The third-order valence-electron chi connectivity index (χ3n) is 26.6. The lowest BCUT2D eigenvalue weighted by atomic mass is 9.91. The molecule has 0 spiro atoms. The molecule has 5 atom stereocenters. The lowest BCUT2D eigenvalue weighted by molar-refractivity contribution is -0.126. The van der Waals surface area contributed by atoms with E-state index in [1.165, 1.54) is 102 Å². The fourth-order valence-electron chi connectivity index (χ4n) is 19.2. The number of carbonyl (C=O) groups is 15. The van der Waals surface area contributed by atoms with Crippen LogP contribution in [0.3, 0.4) is 0 Å². The fourth-order valence-corrected chi connectivity index (χ4v) is 21.5. The summed E-state index contributed by atoms with van der Waals surface area (Å²) in [6, 6.07) is 41.4. The Kier molecular flexibility index (Phi) is 24.5. The summed E-state index contributed by atoms with van der Waals surface area (Å²) in [5.41, 5.74) is 0.548. The Balaban J connectivity index is 0.000000111. The molecule has 8 aromatic heterocycles. The zero-order valence-corrected chi connectivity index (χ0v) is 79.3. The number of H-pyrrole nitrogens is 1. The molecular weight excluding hydrogens is 1930 g/mol. The number of urea groups is 5. The van der Waals surface area contributed by atoms with Crippen molar-refractivity contribution >= 4 is 154 Å². The molecule has 0 unspecified atom stereocenters. The van der Waals surface area contributed by atoms with Crippen LogP contribution < -0.4 is 82.4 Å². The van der Waals surface area contributed by atoms with Crippen LogP contribution in [0.2, 0.25) is 0 Å². The van der Waals surface area contributed by atoms with Gasteiger partial charge in [0, 0.05) is 127 Å². The summed E-state index contributed by atoms with van der Waals surface area (Å²) in [4.78, 5) is 228. The van der Waals surface area contributed by atoms with Gasteiger partial charge in [-0.3, -0.25) is 89.3 Å². The molecule has 43 nitrogen and oxygen atoms in total. The number of hydrogen-bond donors (Lipinski definition) is 11. The Bertz CT molecular complexity index is 7460. The van der Waals surface area contributed by atoms with Crippen LogP contribution in [0.25, 0.3) is 42.2 Å². The van der Waals surface area contributed by atoms with Crippen LogP contribution in [-0.4, -0.2) is 212 Å². The molecule has 0 bridgehead atoms. The highest BCUT2D eigenvalue weighted by Gasteiger charge is 2.58. The minimum atomic E-state index is -1.57. The van der Waals surface area contributed by atoms with Crippen molar-refractivity contribution in [2.75, 3.05) is 68.3 Å². The Morgan fingerprint density at radius 2 is 0.753 bits per heavy atom. The van der Waals surface area contributed by atoms with E-state index in [1.54, 1.807) is 140 Å². The quantitative estimate of drug-likeness (QED) is 0.0289. The average molecular weight is 2020 g/mol. The number of pyridine rings is 3. The number of furan rings is 2. The molecule has 740 valence electrons. The van der Waals surface area contributed by atoms with Gasteiger partial charge in [0.25, 0.3) is 64.6 Å². The number of aryl methyl sites for hydroxylation is 1. The number of amides is 20. The third-order valence-corrected chi connectivity index (χ3v) is 29.2. The van der Waals surface area contributed by atoms with Gasteiger partial charge in [-0.25, -0.2) is 38.3 Å². The van der Waals surface area contributed by atoms with Gasteiger partial charge in [0.2, 0.25) is 5.71 Å². The molecule has 20 amide bonds. The predicted molar refractivity (Wildman–Crippen MR) is 514 cm³/mol. The van der Waals surface area contributed by atoms with Crippen LogP contribution in [-0.2, 0) is 85.3 Å². The summed E-state index contributed by atoms with van der Waals surface area (Å²) in [7, 11) is 7.65.